The maximum atomic E-state index is 11.4. The Hall–Kier alpha value is -2.10. The van der Waals surface area contributed by atoms with Gasteiger partial charge in [-0.25, -0.2) is 14.4 Å². The normalized spacial score (nSPS) is 13.4. The van der Waals surface area contributed by atoms with Crippen LogP contribution in [0, 0.1) is 0 Å². The van der Waals surface area contributed by atoms with Crippen molar-refractivity contribution in [2.75, 3.05) is 19.8 Å². The molecule has 0 N–H and O–H groups in total. The van der Waals surface area contributed by atoms with Crippen molar-refractivity contribution >= 4 is 26.8 Å². The van der Waals surface area contributed by atoms with Crippen LogP contribution in [0.1, 0.15) is 54.4 Å². The molecule has 0 aliphatic carbocycles. The Morgan fingerprint density at radius 2 is 1.47 bits per heavy atom. The van der Waals surface area contributed by atoms with Crippen molar-refractivity contribution in [1.29, 1.82) is 0 Å². The molecule has 0 rings (SSSR count). The van der Waals surface area contributed by atoms with Crippen molar-refractivity contribution in [2.24, 2.45) is 4.99 Å². The van der Waals surface area contributed by atoms with E-state index in [0.29, 0.717) is 32.7 Å². The van der Waals surface area contributed by atoms with Crippen LogP contribution >= 0.6 is 0 Å². The van der Waals surface area contributed by atoms with Gasteiger partial charge in [-0.15, -0.1) is 0 Å². The minimum absolute atomic E-state index is 0.418. The molecule has 172 valence electrons. The Morgan fingerprint density at radius 3 is 1.77 bits per heavy atom. The van der Waals surface area contributed by atoms with Crippen LogP contribution in [-0.2, 0) is 37.1 Å². The minimum Gasteiger partial charge on any atom is -0.455 e. The first-order valence-corrected chi connectivity index (χ1v) is 11.7. The molecule has 2 unspecified atom stereocenters. The molecule has 10 heteroatoms. The zero-order valence-corrected chi connectivity index (χ0v) is 19.9. The van der Waals surface area contributed by atoms with Crippen molar-refractivity contribution in [2.45, 2.75) is 65.8 Å². The molecule has 0 saturated carbocycles. The van der Waals surface area contributed by atoms with Gasteiger partial charge in [-0.05, 0) is 34.1 Å². The molecular weight excluding hydrogens is 410 g/mol. The van der Waals surface area contributed by atoms with Gasteiger partial charge >= 0.3 is 20.7 Å². The summed E-state index contributed by atoms with van der Waals surface area (Å²) in [7, 11) is -2.99. The van der Waals surface area contributed by atoms with E-state index in [1.54, 1.807) is 6.92 Å². The third kappa shape index (κ3) is 11.2. The van der Waals surface area contributed by atoms with Gasteiger partial charge in [0.25, 0.3) is 0 Å². The average molecular weight is 446 g/mol. The van der Waals surface area contributed by atoms with Crippen LogP contribution in [0.5, 0.6) is 0 Å². The van der Waals surface area contributed by atoms with Gasteiger partial charge in [0.15, 0.2) is 5.73 Å². The topological polar surface area (TPSA) is 110 Å². The summed E-state index contributed by atoms with van der Waals surface area (Å²) in [6.07, 6.45) is 4.50. The van der Waals surface area contributed by atoms with Gasteiger partial charge in [0.2, 0.25) is 11.8 Å². The minimum atomic E-state index is -2.99. The van der Waals surface area contributed by atoms with Gasteiger partial charge in [0.05, 0.1) is 0 Å². The smallest absolute Gasteiger partial charge is 0.455 e. The summed E-state index contributed by atoms with van der Waals surface area (Å²) in [5.41, 5.74) is -1.60. The molecule has 0 radical (unpaired) electrons. The molecule has 30 heavy (non-hydrogen) atoms. The van der Waals surface area contributed by atoms with Gasteiger partial charge in [0.1, 0.15) is 0 Å². The van der Waals surface area contributed by atoms with Crippen LogP contribution in [0.4, 0.5) is 0 Å². The van der Waals surface area contributed by atoms with Crippen molar-refractivity contribution < 1.29 is 37.1 Å². The van der Waals surface area contributed by atoms with Gasteiger partial charge in [-0.1, -0.05) is 27.0 Å². The number of carbonyl (C=O) groups is 2. The maximum Gasteiger partial charge on any atom is 0.544 e. The van der Waals surface area contributed by atoms with Crippen molar-refractivity contribution in [3.8, 4) is 0 Å². The molecule has 0 amide bonds. The maximum absolute atomic E-state index is 11.4. The fourth-order valence-corrected chi connectivity index (χ4v) is 4.91. The number of nitrogens with zero attached hydrogens (tertiary/aromatic N) is 1. The number of carbonyl (C=O) groups excluding carboxylic acids is 3. The molecule has 0 bridgehead atoms. The molecule has 0 aromatic heterocycles. The van der Waals surface area contributed by atoms with E-state index in [2.05, 4.69) is 18.2 Å². The van der Waals surface area contributed by atoms with Gasteiger partial charge < -0.3 is 22.8 Å². The van der Waals surface area contributed by atoms with E-state index < -0.39 is 32.2 Å². The van der Waals surface area contributed by atoms with Gasteiger partial charge in [0, 0.05) is 38.4 Å². The van der Waals surface area contributed by atoms with Crippen LogP contribution in [0.2, 0.25) is 0 Å². The molecule has 0 aliphatic heterocycles. The largest absolute Gasteiger partial charge is 0.544 e. The van der Waals surface area contributed by atoms with E-state index in [9.17, 15) is 14.4 Å². The molecule has 0 fully saturated rings. The predicted octanol–water partition coefficient (Wildman–Crippen LogP) is 3.26. The zero-order valence-electron chi connectivity index (χ0n) is 18.9. The monoisotopic (exact) mass is 445 g/mol. The van der Waals surface area contributed by atoms with Crippen molar-refractivity contribution in [3.63, 3.8) is 0 Å². The highest BCUT2D eigenvalue weighted by Crippen LogP contribution is 2.21. The predicted molar refractivity (Wildman–Crippen MR) is 114 cm³/mol. The molecule has 2 atom stereocenters. The quantitative estimate of drug-likeness (QED) is 0.132. The van der Waals surface area contributed by atoms with Crippen molar-refractivity contribution in [3.05, 3.63) is 25.3 Å². The van der Waals surface area contributed by atoms with Crippen molar-refractivity contribution in [1.82, 2.24) is 0 Å². The lowest BCUT2D eigenvalue weighted by atomic mass is 10.2. The third-order valence-electron chi connectivity index (χ3n) is 3.65. The second-order valence-electron chi connectivity index (χ2n) is 5.80. The van der Waals surface area contributed by atoms with E-state index in [1.165, 1.54) is 13.0 Å². The first-order valence-electron chi connectivity index (χ1n) is 9.87. The Kier molecular flexibility index (Phi) is 16.7. The highest BCUT2D eigenvalue weighted by atomic mass is 28.4. The molecule has 0 aromatic rings. The number of esters is 2. The van der Waals surface area contributed by atoms with E-state index in [4.69, 9.17) is 22.8 Å². The zero-order chi connectivity index (χ0) is 23.6. The third-order valence-corrected chi connectivity index (χ3v) is 7.04. The summed E-state index contributed by atoms with van der Waals surface area (Å²) >= 11 is 0. The molecule has 0 aromatic carbocycles. The molecule has 0 aliphatic rings. The summed E-state index contributed by atoms with van der Waals surface area (Å²) < 4.78 is 27.2. The summed E-state index contributed by atoms with van der Waals surface area (Å²) in [5.74, 6) is -1.09. The van der Waals surface area contributed by atoms with E-state index >= 15 is 0 Å². The molecule has 0 spiro atoms. The highest BCUT2D eigenvalue weighted by molar-refractivity contribution is 6.62. The van der Waals surface area contributed by atoms with E-state index in [0.717, 1.165) is 12.2 Å². The average Bonchev–Trinajstić information content (AvgIpc) is 2.72. The van der Waals surface area contributed by atoms with Crippen LogP contribution in [-0.4, -0.2) is 58.1 Å². The number of rotatable bonds is 14. The number of aliphatic imine (C=N–C) groups is 1. The van der Waals surface area contributed by atoms with Crippen LogP contribution in [0.15, 0.2) is 30.3 Å². The fourth-order valence-electron chi connectivity index (χ4n) is 2.13. The Balaban J connectivity index is 0. The Bertz CT molecular complexity index is 574. The van der Waals surface area contributed by atoms with Gasteiger partial charge in [-0.2, -0.15) is 4.99 Å². The SMILES string of the molecule is C=CC(=O)OC(C)(CC)N=C=O.C=CC(=O)OC(CC)[Si](OCC)(OCC)OCC. The van der Waals surface area contributed by atoms with Crippen LogP contribution in [0.25, 0.3) is 0 Å². The Morgan fingerprint density at radius 1 is 1.00 bits per heavy atom. The molecule has 0 saturated heterocycles. The number of hydrogen-bond donors (Lipinski definition) is 0. The fraction of sp³-hybridized carbons (Fsp3) is 0.650. The molecular formula is C20H35NO8Si. The number of ether oxygens (including phenoxy) is 2. The summed E-state index contributed by atoms with van der Waals surface area (Å²) in [4.78, 5) is 35.4. The summed E-state index contributed by atoms with van der Waals surface area (Å²) in [5, 5.41) is 0. The Labute approximate surface area is 180 Å². The highest BCUT2D eigenvalue weighted by Gasteiger charge is 2.51. The van der Waals surface area contributed by atoms with Gasteiger partial charge in [-0.3, -0.25) is 0 Å². The number of hydrogen-bond acceptors (Lipinski definition) is 9. The second kappa shape index (κ2) is 16.7. The molecule has 0 heterocycles. The summed E-state index contributed by atoms with van der Waals surface area (Å²) in [6, 6.07) is 0. The first kappa shape index (κ1) is 30.1. The first-order chi connectivity index (χ1) is 14.2. The van der Waals surface area contributed by atoms with Crippen LogP contribution in [0.3, 0.4) is 0 Å². The lowest BCUT2D eigenvalue weighted by Gasteiger charge is -2.33. The number of isocyanates is 1. The second-order valence-corrected chi connectivity index (χ2v) is 8.51. The standard InChI is InChI=1S/C12H24O5Si.C8H11NO3/c1-6-11(13)17-12(7-2)18(14-8-3,15-9-4)16-10-5;1-4-7(11)12-8(3,5-2)9-6-10/h6,12H,1,7-10H2,2-5H3;4H,1,5H2,2-3H3. The summed E-state index contributed by atoms with van der Waals surface area (Å²) in [6.45, 7) is 18.7. The molecule has 9 nitrogen and oxygen atoms in total. The lowest BCUT2D eigenvalue weighted by Crippen LogP contribution is -2.57. The van der Waals surface area contributed by atoms with E-state index in [1.807, 2.05) is 27.7 Å². The van der Waals surface area contributed by atoms with Crippen LogP contribution < -0.4 is 0 Å². The van der Waals surface area contributed by atoms with E-state index in [-0.39, 0.29) is 0 Å². The lowest BCUT2D eigenvalue weighted by molar-refractivity contribution is -0.151.